The first kappa shape index (κ1) is 16.3. The number of carboxylic acids is 1. The summed E-state index contributed by atoms with van der Waals surface area (Å²) in [4.78, 5) is 14.8. The molecule has 116 valence electrons. The number of nitrogens with zero attached hydrogens (tertiary/aromatic N) is 1. The van der Waals surface area contributed by atoms with Crippen LogP contribution in [-0.2, 0) is 9.53 Å². The van der Waals surface area contributed by atoms with Crippen LogP contribution < -0.4 is 0 Å². The van der Waals surface area contributed by atoms with Gasteiger partial charge in [-0.15, -0.1) is 11.8 Å². The van der Waals surface area contributed by atoms with Crippen LogP contribution in [0, 0.1) is 5.92 Å². The van der Waals surface area contributed by atoms with Crippen LogP contribution in [0.15, 0.2) is 35.2 Å². The normalized spacial score (nSPS) is 21.8. The highest BCUT2D eigenvalue weighted by molar-refractivity contribution is 7.99. The molecule has 1 heterocycles. The van der Waals surface area contributed by atoms with Crippen molar-refractivity contribution in [3.05, 3.63) is 30.3 Å². The van der Waals surface area contributed by atoms with Gasteiger partial charge in [0.15, 0.2) is 0 Å². The van der Waals surface area contributed by atoms with Crippen molar-refractivity contribution >= 4 is 17.7 Å². The Morgan fingerprint density at radius 3 is 2.76 bits per heavy atom. The highest BCUT2D eigenvalue weighted by atomic mass is 32.2. The second-order valence-corrected chi connectivity index (χ2v) is 6.42. The van der Waals surface area contributed by atoms with Crippen molar-refractivity contribution in [2.45, 2.75) is 24.3 Å². The molecule has 0 spiro atoms. The third-order valence-corrected chi connectivity index (χ3v) is 4.73. The number of hydrogen-bond acceptors (Lipinski definition) is 4. The molecule has 1 aromatic carbocycles. The molecule has 2 rings (SSSR count). The predicted octanol–water partition coefficient (Wildman–Crippen LogP) is 2.59. The molecular weight excluding hydrogens is 286 g/mol. The number of carbonyl (C=O) groups is 1. The molecule has 1 aromatic rings. The molecule has 0 amide bonds. The summed E-state index contributed by atoms with van der Waals surface area (Å²) in [5.41, 5.74) is 0. The molecule has 2 unspecified atom stereocenters. The molecule has 0 radical (unpaired) electrons. The Balaban J connectivity index is 1.88. The Morgan fingerprint density at radius 2 is 2.10 bits per heavy atom. The van der Waals surface area contributed by atoms with E-state index in [0.717, 1.165) is 25.3 Å². The molecular formula is C16H23NO3S. The summed E-state index contributed by atoms with van der Waals surface area (Å²) < 4.78 is 5.39. The average molecular weight is 309 g/mol. The zero-order valence-electron chi connectivity index (χ0n) is 12.4. The fraction of sp³-hybridized carbons (Fsp3) is 0.562. The van der Waals surface area contributed by atoms with Gasteiger partial charge in [-0.1, -0.05) is 25.1 Å². The minimum absolute atomic E-state index is 0.0128. The van der Waals surface area contributed by atoms with Crippen molar-refractivity contribution in [2.75, 3.05) is 32.1 Å². The molecule has 1 fully saturated rings. The molecule has 5 heteroatoms. The second-order valence-electron chi connectivity index (χ2n) is 5.25. The van der Waals surface area contributed by atoms with Gasteiger partial charge in [0.25, 0.3) is 0 Å². The van der Waals surface area contributed by atoms with Crippen LogP contribution in [0.2, 0.25) is 0 Å². The maximum atomic E-state index is 11.3. The largest absolute Gasteiger partial charge is 0.481 e. The molecule has 1 N–H and O–H groups in total. The van der Waals surface area contributed by atoms with Gasteiger partial charge < -0.3 is 9.84 Å². The van der Waals surface area contributed by atoms with Gasteiger partial charge in [0.05, 0.1) is 19.1 Å². The van der Waals surface area contributed by atoms with Crippen LogP contribution in [-0.4, -0.2) is 54.1 Å². The topological polar surface area (TPSA) is 49.8 Å². The van der Waals surface area contributed by atoms with Crippen LogP contribution in [0.1, 0.15) is 13.3 Å². The summed E-state index contributed by atoms with van der Waals surface area (Å²) in [7, 11) is 0. The van der Waals surface area contributed by atoms with E-state index in [4.69, 9.17) is 4.74 Å². The van der Waals surface area contributed by atoms with E-state index in [9.17, 15) is 9.90 Å². The monoisotopic (exact) mass is 309 g/mol. The lowest BCUT2D eigenvalue weighted by Gasteiger charge is -2.29. The van der Waals surface area contributed by atoms with Crippen LogP contribution in [0.5, 0.6) is 0 Å². The molecule has 0 aromatic heterocycles. The van der Waals surface area contributed by atoms with Crippen molar-refractivity contribution in [3.8, 4) is 0 Å². The Morgan fingerprint density at radius 1 is 1.33 bits per heavy atom. The van der Waals surface area contributed by atoms with E-state index in [1.807, 2.05) is 30.0 Å². The fourth-order valence-corrected chi connectivity index (χ4v) is 3.58. The van der Waals surface area contributed by atoms with Crippen molar-refractivity contribution in [2.24, 2.45) is 5.92 Å². The van der Waals surface area contributed by atoms with Crippen LogP contribution in [0.25, 0.3) is 0 Å². The maximum absolute atomic E-state index is 11.3. The summed E-state index contributed by atoms with van der Waals surface area (Å²) in [5, 5.41) is 9.29. The lowest BCUT2D eigenvalue weighted by atomic mass is 10.0. The minimum Gasteiger partial charge on any atom is -0.481 e. The maximum Gasteiger partial charge on any atom is 0.310 e. The van der Waals surface area contributed by atoms with Crippen molar-refractivity contribution in [3.63, 3.8) is 0 Å². The van der Waals surface area contributed by atoms with E-state index in [2.05, 4.69) is 24.0 Å². The van der Waals surface area contributed by atoms with E-state index >= 15 is 0 Å². The van der Waals surface area contributed by atoms with E-state index < -0.39 is 11.9 Å². The third-order valence-electron chi connectivity index (χ3n) is 3.74. The molecule has 4 nitrogen and oxygen atoms in total. The molecule has 0 aliphatic carbocycles. The lowest BCUT2D eigenvalue weighted by molar-refractivity contribution is -0.143. The molecule has 0 saturated carbocycles. The molecule has 1 aliphatic heterocycles. The van der Waals surface area contributed by atoms with Gasteiger partial charge in [-0.25, -0.2) is 0 Å². The zero-order chi connectivity index (χ0) is 15.1. The molecule has 1 saturated heterocycles. The van der Waals surface area contributed by atoms with E-state index in [1.54, 1.807) is 0 Å². The predicted molar refractivity (Wildman–Crippen MR) is 84.8 cm³/mol. The number of ether oxygens (including phenoxy) is 1. The van der Waals surface area contributed by atoms with Gasteiger partial charge >= 0.3 is 5.97 Å². The number of benzene rings is 1. The average Bonchev–Trinajstić information content (AvgIpc) is 2.97. The van der Waals surface area contributed by atoms with Crippen LogP contribution in [0.4, 0.5) is 0 Å². The Bertz CT molecular complexity index is 440. The number of carboxylic acid groups (broad SMARTS) is 1. The van der Waals surface area contributed by atoms with Gasteiger partial charge in [-0.05, 0) is 25.1 Å². The van der Waals surface area contributed by atoms with Crippen molar-refractivity contribution in [1.29, 1.82) is 0 Å². The molecule has 0 bridgehead atoms. The zero-order valence-corrected chi connectivity index (χ0v) is 13.2. The standard InChI is InChI=1S/C16H23NO3S/c1-2-8-17(15-12-20-11-14(15)16(18)19)9-10-21-13-6-4-3-5-7-13/h3-7,14-15H,2,8-12H2,1H3,(H,18,19). The first-order valence-electron chi connectivity index (χ1n) is 7.44. The quantitative estimate of drug-likeness (QED) is 0.748. The minimum atomic E-state index is -0.741. The Kier molecular flexibility index (Phi) is 6.54. The number of thioether (sulfide) groups is 1. The Labute approximate surface area is 130 Å². The number of hydrogen-bond donors (Lipinski definition) is 1. The fourth-order valence-electron chi connectivity index (χ4n) is 2.67. The summed E-state index contributed by atoms with van der Waals surface area (Å²) in [6.07, 6.45) is 1.03. The van der Waals surface area contributed by atoms with Crippen LogP contribution in [0.3, 0.4) is 0 Å². The molecule has 21 heavy (non-hydrogen) atoms. The van der Waals surface area contributed by atoms with Crippen molar-refractivity contribution in [1.82, 2.24) is 4.90 Å². The summed E-state index contributed by atoms with van der Waals surface area (Å²) in [6, 6.07) is 10.3. The van der Waals surface area contributed by atoms with Gasteiger partial charge in [0, 0.05) is 23.2 Å². The van der Waals surface area contributed by atoms with E-state index in [1.165, 1.54) is 4.90 Å². The first-order chi connectivity index (χ1) is 10.2. The summed E-state index contributed by atoms with van der Waals surface area (Å²) >= 11 is 1.81. The molecule has 2 atom stereocenters. The number of rotatable bonds is 8. The summed E-state index contributed by atoms with van der Waals surface area (Å²) in [6.45, 7) is 4.82. The Hall–Kier alpha value is -1.04. The molecule has 1 aliphatic rings. The lowest BCUT2D eigenvalue weighted by Crippen LogP contribution is -2.44. The van der Waals surface area contributed by atoms with Gasteiger partial charge in [-0.3, -0.25) is 9.69 Å². The van der Waals surface area contributed by atoms with Crippen LogP contribution >= 0.6 is 11.8 Å². The van der Waals surface area contributed by atoms with Gasteiger partial charge in [0.2, 0.25) is 0 Å². The van der Waals surface area contributed by atoms with E-state index in [-0.39, 0.29) is 6.04 Å². The third kappa shape index (κ3) is 4.73. The van der Waals surface area contributed by atoms with Gasteiger partial charge in [-0.2, -0.15) is 0 Å². The van der Waals surface area contributed by atoms with Gasteiger partial charge in [0.1, 0.15) is 0 Å². The first-order valence-corrected chi connectivity index (χ1v) is 8.43. The second kappa shape index (κ2) is 8.41. The van der Waals surface area contributed by atoms with Crippen molar-refractivity contribution < 1.29 is 14.6 Å². The highest BCUT2D eigenvalue weighted by Crippen LogP contribution is 2.22. The summed E-state index contributed by atoms with van der Waals surface area (Å²) in [5.74, 6) is -0.167. The highest BCUT2D eigenvalue weighted by Gasteiger charge is 2.37. The smallest absolute Gasteiger partial charge is 0.310 e. The van der Waals surface area contributed by atoms with E-state index in [0.29, 0.717) is 13.2 Å². The SMILES string of the molecule is CCCN(CCSc1ccccc1)C1COCC1C(=O)O. The number of aliphatic carboxylic acids is 1.